The molecule has 0 unspecified atom stereocenters. The number of aliphatic hydroxyl groups is 1. The molecule has 70 valence electrons. The summed E-state index contributed by atoms with van der Waals surface area (Å²) in [6.45, 7) is -0.515. The molecule has 0 atom stereocenters. The van der Waals surface area contributed by atoms with Gasteiger partial charge in [-0.1, -0.05) is 0 Å². The van der Waals surface area contributed by atoms with Crippen molar-refractivity contribution in [1.82, 2.24) is 0 Å². The largest absolute Gasteiger partial charge is 0.391 e. The van der Waals surface area contributed by atoms with Gasteiger partial charge in [0.25, 0.3) is 4.92 Å². The maximum atomic E-state index is 12.8. The molecule has 4 nitrogen and oxygen atoms in total. The average Bonchev–Trinajstić information content (AvgIpc) is 2.08. The van der Waals surface area contributed by atoms with Crippen LogP contribution in [0.15, 0.2) is 16.6 Å². The zero-order valence-electron chi connectivity index (χ0n) is 6.37. The predicted molar refractivity (Wildman–Crippen MR) is 45.1 cm³/mol. The molecule has 2 N–H and O–H groups in total. The summed E-state index contributed by atoms with van der Waals surface area (Å²) in [5, 5.41) is 17.3. The molecule has 0 spiro atoms. The van der Waals surface area contributed by atoms with Crippen LogP contribution < -0.4 is 0 Å². The molecular formula is C7H6BrFNO3+. The summed E-state index contributed by atoms with van der Waals surface area (Å²) in [5.41, 5.74) is -0.158. The van der Waals surface area contributed by atoms with Crippen molar-refractivity contribution in [3.63, 3.8) is 0 Å². The van der Waals surface area contributed by atoms with E-state index in [0.29, 0.717) is 0 Å². The van der Waals surface area contributed by atoms with E-state index in [9.17, 15) is 9.30 Å². The van der Waals surface area contributed by atoms with Crippen molar-refractivity contribution >= 4 is 21.6 Å². The highest BCUT2D eigenvalue weighted by Gasteiger charge is 2.20. The van der Waals surface area contributed by atoms with Crippen LogP contribution in [-0.2, 0) is 6.61 Å². The number of rotatable bonds is 2. The van der Waals surface area contributed by atoms with Crippen LogP contribution in [0.5, 0.6) is 0 Å². The van der Waals surface area contributed by atoms with E-state index in [0.717, 1.165) is 12.1 Å². The fourth-order valence-corrected chi connectivity index (χ4v) is 1.21. The number of nitrogens with zero attached hydrogens (tertiary/aromatic N) is 1. The Kier molecular flexibility index (Phi) is 2.94. The second kappa shape index (κ2) is 3.80. The molecule has 13 heavy (non-hydrogen) atoms. The fraction of sp³-hybridized carbons (Fsp3) is 0.143. The third-order valence-electron chi connectivity index (χ3n) is 1.50. The molecule has 6 heteroatoms. The van der Waals surface area contributed by atoms with Gasteiger partial charge < -0.3 is 5.11 Å². The zero-order valence-corrected chi connectivity index (χ0v) is 7.95. The Morgan fingerprint density at radius 2 is 2.15 bits per heavy atom. The molecule has 0 aromatic heterocycles. The van der Waals surface area contributed by atoms with Gasteiger partial charge >= 0.3 is 5.69 Å². The van der Waals surface area contributed by atoms with E-state index < -0.39 is 17.3 Å². The van der Waals surface area contributed by atoms with E-state index in [1.165, 1.54) is 0 Å². The summed E-state index contributed by atoms with van der Waals surface area (Å²) in [6, 6.07) is 2.06. The highest BCUT2D eigenvalue weighted by molar-refractivity contribution is 9.10. The quantitative estimate of drug-likeness (QED) is 0.789. The fourth-order valence-electron chi connectivity index (χ4n) is 0.882. The van der Waals surface area contributed by atoms with E-state index in [2.05, 4.69) is 15.9 Å². The van der Waals surface area contributed by atoms with Crippen molar-refractivity contribution < 1.29 is 19.6 Å². The van der Waals surface area contributed by atoms with Gasteiger partial charge in [0.1, 0.15) is 5.82 Å². The molecule has 1 aromatic carbocycles. The summed E-state index contributed by atoms with van der Waals surface area (Å²) >= 11 is 2.84. The molecule has 0 fully saturated rings. The minimum Gasteiger partial charge on any atom is -0.391 e. The summed E-state index contributed by atoms with van der Waals surface area (Å²) in [5.74, 6) is -0.602. The Morgan fingerprint density at radius 3 is 2.62 bits per heavy atom. The van der Waals surface area contributed by atoms with Gasteiger partial charge in [-0.25, -0.2) is 9.60 Å². The molecule has 0 radical (unpaired) electrons. The second-order valence-corrected chi connectivity index (χ2v) is 3.18. The first-order valence-electron chi connectivity index (χ1n) is 3.31. The molecule has 0 bridgehead atoms. The monoisotopic (exact) mass is 250 g/mol. The van der Waals surface area contributed by atoms with Crippen LogP contribution in [0, 0.1) is 10.7 Å². The smallest absolute Gasteiger partial charge is 0.323 e. The van der Waals surface area contributed by atoms with Crippen molar-refractivity contribution in [3.05, 3.63) is 32.9 Å². The van der Waals surface area contributed by atoms with Gasteiger partial charge in [-0.05, 0) is 22.0 Å². The molecule has 0 aliphatic heterocycles. The number of hydrogen-bond donors (Lipinski definition) is 2. The van der Waals surface area contributed by atoms with Gasteiger partial charge in [-0.3, -0.25) is 0 Å². The van der Waals surface area contributed by atoms with Crippen LogP contribution in [0.4, 0.5) is 10.1 Å². The maximum absolute atomic E-state index is 12.8. The normalized spacial score (nSPS) is 10.1. The zero-order chi connectivity index (χ0) is 10.0. The van der Waals surface area contributed by atoms with Gasteiger partial charge in [0, 0.05) is 6.07 Å². The van der Waals surface area contributed by atoms with Crippen LogP contribution in [-0.4, -0.2) is 15.2 Å². The van der Waals surface area contributed by atoms with Crippen LogP contribution in [0.3, 0.4) is 0 Å². The minimum atomic E-state index is -0.602. The first-order valence-corrected chi connectivity index (χ1v) is 4.10. The molecular weight excluding hydrogens is 245 g/mol. The predicted octanol–water partition coefficient (Wildman–Crippen LogP) is 1.88. The van der Waals surface area contributed by atoms with Crippen molar-refractivity contribution in [2.24, 2.45) is 0 Å². The molecule has 0 saturated heterocycles. The number of benzene rings is 1. The molecule has 0 amide bonds. The van der Waals surface area contributed by atoms with Gasteiger partial charge in [0.2, 0.25) is 0 Å². The lowest BCUT2D eigenvalue weighted by atomic mass is 10.2. The van der Waals surface area contributed by atoms with Crippen molar-refractivity contribution in [2.45, 2.75) is 6.61 Å². The SMILES string of the molecule is O=[N+](O)c1cc(Br)c(F)cc1CO. The Bertz CT molecular complexity index is 356. The van der Waals surface area contributed by atoms with Crippen LogP contribution in [0.2, 0.25) is 0 Å². The Hall–Kier alpha value is -1.01. The minimum absolute atomic E-state index is 0.0261. The highest BCUT2D eigenvalue weighted by atomic mass is 79.9. The third-order valence-corrected chi connectivity index (χ3v) is 2.11. The number of hydrogen-bond acceptors (Lipinski definition) is 2. The molecule has 0 aliphatic carbocycles. The van der Waals surface area contributed by atoms with Gasteiger partial charge in [0.15, 0.2) is 0 Å². The van der Waals surface area contributed by atoms with Gasteiger partial charge in [-0.15, -0.1) is 0 Å². The highest BCUT2D eigenvalue weighted by Crippen LogP contribution is 2.25. The summed E-state index contributed by atoms with van der Waals surface area (Å²) in [7, 11) is 0. The average molecular weight is 251 g/mol. The van der Waals surface area contributed by atoms with Gasteiger partial charge in [0.05, 0.1) is 21.6 Å². The van der Waals surface area contributed by atoms with Crippen molar-refractivity contribution in [1.29, 1.82) is 0 Å². The lowest BCUT2D eigenvalue weighted by molar-refractivity contribution is -0.730. The third kappa shape index (κ3) is 2.02. The Morgan fingerprint density at radius 1 is 1.54 bits per heavy atom. The molecule has 0 saturated carbocycles. The summed E-state index contributed by atoms with van der Waals surface area (Å²) < 4.78 is 12.9. The van der Waals surface area contributed by atoms with Crippen molar-refractivity contribution in [2.75, 3.05) is 0 Å². The maximum Gasteiger partial charge on any atom is 0.323 e. The topological polar surface area (TPSA) is 60.5 Å². The first-order chi connectivity index (χ1) is 6.06. The van der Waals surface area contributed by atoms with Crippen LogP contribution in [0.25, 0.3) is 0 Å². The second-order valence-electron chi connectivity index (χ2n) is 2.33. The van der Waals surface area contributed by atoms with E-state index >= 15 is 0 Å². The van der Waals surface area contributed by atoms with E-state index in [-0.39, 0.29) is 15.7 Å². The van der Waals surface area contributed by atoms with E-state index in [1.807, 2.05) is 0 Å². The standard InChI is InChI=1S/C7H6BrFNO3/c8-5-2-7(10(12)13)4(3-11)1-6(5)9/h1-2,11H,3H2,(H,12,13)/q+1. The first kappa shape index (κ1) is 10.1. The molecule has 1 aromatic rings. The van der Waals surface area contributed by atoms with Crippen molar-refractivity contribution in [3.8, 4) is 0 Å². The summed E-state index contributed by atoms with van der Waals surface area (Å²) in [6.07, 6.45) is 0. The van der Waals surface area contributed by atoms with E-state index in [1.54, 1.807) is 0 Å². The van der Waals surface area contributed by atoms with Gasteiger partial charge in [-0.2, -0.15) is 0 Å². The summed E-state index contributed by atoms with van der Waals surface area (Å²) in [4.78, 5) is 10.1. The number of halogens is 2. The molecule has 1 rings (SSSR count). The Labute approximate surface area is 81.3 Å². The molecule has 0 heterocycles. The molecule has 0 aliphatic rings. The lowest BCUT2D eigenvalue weighted by Crippen LogP contribution is -1.99. The van der Waals surface area contributed by atoms with Crippen LogP contribution in [0.1, 0.15) is 5.56 Å². The van der Waals surface area contributed by atoms with Crippen LogP contribution >= 0.6 is 15.9 Å². The Balaban J connectivity index is 3.33. The number of aliphatic hydroxyl groups excluding tert-OH is 1. The lowest BCUT2D eigenvalue weighted by Gasteiger charge is -1.97. The van der Waals surface area contributed by atoms with E-state index in [4.69, 9.17) is 10.3 Å².